The molecule has 14 heteroatoms. The Hall–Kier alpha value is -2.55. The summed E-state index contributed by atoms with van der Waals surface area (Å²) in [5.74, 6) is -1.66. The van der Waals surface area contributed by atoms with E-state index in [1.807, 2.05) is 0 Å². The molecule has 0 bridgehead atoms. The number of halogens is 1. The highest BCUT2D eigenvalue weighted by molar-refractivity contribution is 7.89. The molecule has 1 amide bonds. The summed E-state index contributed by atoms with van der Waals surface area (Å²) in [6, 6.07) is 9.25. The van der Waals surface area contributed by atoms with Crippen LogP contribution in [-0.2, 0) is 34.3 Å². The Labute approximate surface area is 221 Å². The summed E-state index contributed by atoms with van der Waals surface area (Å²) in [5.41, 5.74) is -0.0120. The van der Waals surface area contributed by atoms with E-state index in [0.29, 0.717) is 0 Å². The van der Waals surface area contributed by atoms with E-state index < -0.39 is 38.5 Å². The van der Waals surface area contributed by atoms with Crippen molar-refractivity contribution in [3.05, 3.63) is 53.1 Å². The number of nitrogens with zero attached hydrogens (tertiary/aromatic N) is 2. The predicted octanol–water partition coefficient (Wildman–Crippen LogP) is 2.19. The van der Waals surface area contributed by atoms with Gasteiger partial charge in [-0.1, -0.05) is 31.5 Å². The molecule has 2 aromatic carbocycles. The van der Waals surface area contributed by atoms with Crippen molar-refractivity contribution in [1.82, 2.24) is 8.61 Å². The third kappa shape index (κ3) is 6.86. The molecule has 0 unspecified atom stereocenters. The van der Waals surface area contributed by atoms with Crippen molar-refractivity contribution in [2.45, 2.75) is 23.6 Å². The fourth-order valence-electron chi connectivity index (χ4n) is 3.59. The number of carbonyl (C=O) groups is 2. The number of benzene rings is 2. The minimum atomic E-state index is -3.82. The summed E-state index contributed by atoms with van der Waals surface area (Å²) in [5, 5.41) is 2.53. The SMILES string of the molecule is CCN(CC)S(=O)(=O)c1cccc(C(=O)OCC(=O)Nc2cc(S(=O)(=O)N3CCOCC3)ccc2Cl)c1. The second-order valence-electron chi connectivity index (χ2n) is 7.90. The van der Waals surface area contributed by atoms with Crippen LogP contribution in [0.2, 0.25) is 5.02 Å². The van der Waals surface area contributed by atoms with E-state index in [1.54, 1.807) is 13.8 Å². The van der Waals surface area contributed by atoms with Crippen LogP contribution < -0.4 is 5.32 Å². The first-order valence-corrected chi connectivity index (χ1v) is 14.7. The molecule has 202 valence electrons. The van der Waals surface area contributed by atoms with Crippen molar-refractivity contribution in [1.29, 1.82) is 0 Å². The van der Waals surface area contributed by atoms with E-state index in [0.717, 1.165) is 0 Å². The third-order valence-corrected chi connectivity index (χ3v) is 9.84. The summed E-state index contributed by atoms with van der Waals surface area (Å²) < 4.78 is 64.0. The monoisotopic (exact) mass is 573 g/mol. The first-order chi connectivity index (χ1) is 17.5. The quantitative estimate of drug-likeness (QED) is 0.427. The maximum absolute atomic E-state index is 12.9. The number of sulfonamides is 2. The number of carbonyl (C=O) groups excluding carboxylic acids is 2. The third-order valence-electron chi connectivity index (χ3n) is 5.57. The molecular weight excluding hydrogens is 546 g/mol. The molecule has 1 saturated heterocycles. The number of morpholine rings is 1. The van der Waals surface area contributed by atoms with E-state index >= 15 is 0 Å². The maximum Gasteiger partial charge on any atom is 0.338 e. The normalized spacial score (nSPS) is 14.9. The van der Waals surface area contributed by atoms with Gasteiger partial charge in [-0.05, 0) is 36.4 Å². The molecule has 0 aromatic heterocycles. The topological polar surface area (TPSA) is 139 Å². The van der Waals surface area contributed by atoms with Gasteiger partial charge < -0.3 is 14.8 Å². The van der Waals surface area contributed by atoms with Gasteiger partial charge in [-0.3, -0.25) is 4.79 Å². The van der Waals surface area contributed by atoms with Crippen molar-refractivity contribution >= 4 is 49.2 Å². The highest BCUT2D eigenvalue weighted by Crippen LogP contribution is 2.27. The van der Waals surface area contributed by atoms with Crippen molar-refractivity contribution in [2.24, 2.45) is 0 Å². The summed E-state index contributed by atoms with van der Waals surface area (Å²) in [7, 11) is -7.61. The van der Waals surface area contributed by atoms with Gasteiger partial charge in [-0.2, -0.15) is 8.61 Å². The number of nitrogens with one attached hydrogen (secondary N) is 1. The molecule has 3 rings (SSSR count). The van der Waals surface area contributed by atoms with E-state index in [1.165, 1.54) is 51.1 Å². The van der Waals surface area contributed by atoms with E-state index in [2.05, 4.69) is 5.32 Å². The van der Waals surface area contributed by atoms with E-state index in [-0.39, 0.29) is 65.5 Å². The maximum atomic E-state index is 12.9. The molecule has 1 aliphatic heterocycles. The molecule has 2 aromatic rings. The highest BCUT2D eigenvalue weighted by Gasteiger charge is 2.27. The van der Waals surface area contributed by atoms with Crippen LogP contribution in [0.1, 0.15) is 24.2 Å². The minimum Gasteiger partial charge on any atom is -0.452 e. The zero-order valence-corrected chi connectivity index (χ0v) is 22.7. The standard InChI is InChI=1S/C23H28ClN3O8S2/c1-3-26(4-2)36(30,31)18-7-5-6-17(14-18)23(29)35-16-22(28)25-21-15-19(8-9-20(21)24)37(32,33)27-10-12-34-13-11-27/h5-9,14-15H,3-4,10-13,16H2,1-2H3,(H,25,28). The van der Waals surface area contributed by atoms with Crippen LogP contribution in [0.15, 0.2) is 52.3 Å². The summed E-state index contributed by atoms with van der Waals surface area (Å²) in [6.45, 7) is 4.23. The number of anilines is 1. The average molecular weight is 574 g/mol. The lowest BCUT2D eigenvalue weighted by Gasteiger charge is -2.26. The molecule has 37 heavy (non-hydrogen) atoms. The van der Waals surface area contributed by atoms with Gasteiger partial charge in [0.2, 0.25) is 20.0 Å². The lowest BCUT2D eigenvalue weighted by atomic mass is 10.2. The Kier molecular flexibility index (Phi) is 9.67. The largest absolute Gasteiger partial charge is 0.452 e. The van der Waals surface area contributed by atoms with Crippen LogP contribution in [0.5, 0.6) is 0 Å². The molecule has 0 aliphatic carbocycles. The first-order valence-electron chi connectivity index (χ1n) is 11.4. The second kappa shape index (κ2) is 12.3. The van der Waals surface area contributed by atoms with E-state index in [4.69, 9.17) is 21.1 Å². The van der Waals surface area contributed by atoms with Gasteiger partial charge >= 0.3 is 5.97 Å². The highest BCUT2D eigenvalue weighted by atomic mass is 35.5. The Morgan fingerprint density at radius 1 is 1.03 bits per heavy atom. The second-order valence-corrected chi connectivity index (χ2v) is 12.2. The molecular formula is C23H28ClN3O8S2. The molecule has 1 fully saturated rings. The van der Waals surface area contributed by atoms with Crippen LogP contribution in [0, 0.1) is 0 Å². The van der Waals surface area contributed by atoms with Gasteiger partial charge in [0.05, 0.1) is 39.3 Å². The predicted molar refractivity (Wildman–Crippen MR) is 136 cm³/mol. The lowest BCUT2D eigenvalue weighted by Crippen LogP contribution is -2.40. The van der Waals surface area contributed by atoms with Gasteiger partial charge in [-0.25, -0.2) is 21.6 Å². The summed E-state index contributed by atoms with van der Waals surface area (Å²) in [6.07, 6.45) is 0. The summed E-state index contributed by atoms with van der Waals surface area (Å²) in [4.78, 5) is 24.8. The number of rotatable bonds is 10. The molecule has 1 heterocycles. The Balaban J connectivity index is 1.67. The van der Waals surface area contributed by atoms with Crippen molar-refractivity contribution in [2.75, 3.05) is 51.3 Å². The van der Waals surface area contributed by atoms with Crippen molar-refractivity contribution in [3.63, 3.8) is 0 Å². The number of hydrogen-bond donors (Lipinski definition) is 1. The molecule has 0 saturated carbocycles. The number of ether oxygens (including phenoxy) is 2. The fraction of sp³-hybridized carbons (Fsp3) is 0.391. The van der Waals surface area contributed by atoms with Gasteiger partial charge in [0, 0.05) is 26.2 Å². The van der Waals surface area contributed by atoms with Crippen molar-refractivity contribution < 1.29 is 35.9 Å². The smallest absolute Gasteiger partial charge is 0.338 e. The average Bonchev–Trinajstić information content (AvgIpc) is 2.89. The lowest BCUT2D eigenvalue weighted by molar-refractivity contribution is -0.119. The van der Waals surface area contributed by atoms with Crippen molar-refractivity contribution in [3.8, 4) is 0 Å². The molecule has 0 spiro atoms. The fourth-order valence-corrected chi connectivity index (χ4v) is 6.70. The van der Waals surface area contributed by atoms with Crippen LogP contribution in [-0.4, -0.2) is 83.3 Å². The molecule has 1 N–H and O–H groups in total. The van der Waals surface area contributed by atoms with Gasteiger partial charge in [0.25, 0.3) is 5.91 Å². The molecule has 0 atom stereocenters. The van der Waals surface area contributed by atoms with Crippen LogP contribution in [0.4, 0.5) is 5.69 Å². The number of esters is 1. The van der Waals surface area contributed by atoms with Crippen LogP contribution in [0.3, 0.4) is 0 Å². The summed E-state index contributed by atoms with van der Waals surface area (Å²) >= 11 is 6.13. The minimum absolute atomic E-state index is 0.0318. The number of amides is 1. The van der Waals surface area contributed by atoms with E-state index in [9.17, 15) is 26.4 Å². The van der Waals surface area contributed by atoms with Crippen LogP contribution in [0.25, 0.3) is 0 Å². The van der Waals surface area contributed by atoms with Crippen LogP contribution >= 0.6 is 11.6 Å². The van der Waals surface area contributed by atoms with Gasteiger partial charge in [0.15, 0.2) is 6.61 Å². The Morgan fingerprint density at radius 3 is 2.35 bits per heavy atom. The zero-order chi connectivity index (χ0) is 27.2. The Bertz CT molecular complexity index is 1360. The zero-order valence-electron chi connectivity index (χ0n) is 20.3. The van der Waals surface area contributed by atoms with Gasteiger partial charge in [0.1, 0.15) is 0 Å². The molecule has 0 radical (unpaired) electrons. The molecule has 11 nitrogen and oxygen atoms in total. The van der Waals surface area contributed by atoms with Gasteiger partial charge in [-0.15, -0.1) is 0 Å². The molecule has 1 aliphatic rings. The Morgan fingerprint density at radius 2 is 1.70 bits per heavy atom. The number of hydrogen-bond acceptors (Lipinski definition) is 8. The first kappa shape index (κ1) is 29.0.